The summed E-state index contributed by atoms with van der Waals surface area (Å²) in [6.45, 7) is 2.86. The van der Waals surface area contributed by atoms with Crippen LogP contribution in [0.3, 0.4) is 0 Å². The Balaban J connectivity index is 1.57. The van der Waals surface area contributed by atoms with Crippen LogP contribution in [-0.4, -0.2) is 36.0 Å². The second kappa shape index (κ2) is 13.4. The van der Waals surface area contributed by atoms with Gasteiger partial charge in [-0.1, -0.05) is 61.0 Å². The number of allylic oxidation sites excluding steroid dienone is 2. The molecule has 8 heteroatoms. The van der Waals surface area contributed by atoms with Crippen LogP contribution in [0.15, 0.2) is 79.2 Å². The molecule has 200 valence electrons. The van der Waals surface area contributed by atoms with Crippen molar-refractivity contribution >= 4 is 35.1 Å². The van der Waals surface area contributed by atoms with Crippen LogP contribution in [0, 0.1) is 17.2 Å². The SMILES string of the molecule is CC1C(c2ccccc2)=CC=CC1(COc1cc(OCc2cncc(C#N)c2)c(C=O)cc1Cl)OCCCCl. The summed E-state index contributed by atoms with van der Waals surface area (Å²) in [5.41, 5.74) is 2.86. The third-order valence-electron chi connectivity index (χ3n) is 6.57. The first-order valence-corrected chi connectivity index (χ1v) is 13.4. The summed E-state index contributed by atoms with van der Waals surface area (Å²) in [5.74, 6) is 1.12. The monoisotopic (exact) mass is 562 g/mol. The minimum Gasteiger partial charge on any atom is -0.489 e. The molecule has 0 saturated heterocycles. The maximum absolute atomic E-state index is 11.7. The quantitative estimate of drug-likeness (QED) is 0.133. The molecule has 1 aromatic heterocycles. The summed E-state index contributed by atoms with van der Waals surface area (Å²) >= 11 is 12.5. The summed E-state index contributed by atoms with van der Waals surface area (Å²) in [6.07, 6.45) is 10.5. The van der Waals surface area contributed by atoms with Gasteiger partial charge in [-0.2, -0.15) is 5.26 Å². The Morgan fingerprint density at radius 1 is 1.13 bits per heavy atom. The number of carbonyl (C=O) groups is 1. The minimum atomic E-state index is -0.775. The van der Waals surface area contributed by atoms with Crippen molar-refractivity contribution in [3.8, 4) is 17.6 Å². The summed E-state index contributed by atoms with van der Waals surface area (Å²) in [6, 6.07) is 17.0. The van der Waals surface area contributed by atoms with Gasteiger partial charge in [0, 0.05) is 42.4 Å². The highest BCUT2D eigenvalue weighted by Crippen LogP contribution is 2.40. The Morgan fingerprint density at radius 3 is 2.69 bits per heavy atom. The van der Waals surface area contributed by atoms with Gasteiger partial charge in [0.05, 0.1) is 16.1 Å². The van der Waals surface area contributed by atoms with Gasteiger partial charge < -0.3 is 14.2 Å². The Hall–Kier alpha value is -3.63. The van der Waals surface area contributed by atoms with Crippen molar-refractivity contribution < 1.29 is 19.0 Å². The van der Waals surface area contributed by atoms with Crippen LogP contribution in [0.2, 0.25) is 5.02 Å². The lowest BCUT2D eigenvalue weighted by Gasteiger charge is -2.39. The van der Waals surface area contributed by atoms with Gasteiger partial charge in [0.1, 0.15) is 36.4 Å². The lowest BCUT2D eigenvalue weighted by Crippen LogP contribution is -2.45. The third-order valence-corrected chi connectivity index (χ3v) is 7.13. The maximum Gasteiger partial charge on any atom is 0.153 e. The number of hydrogen-bond acceptors (Lipinski definition) is 6. The van der Waals surface area contributed by atoms with Crippen LogP contribution >= 0.6 is 23.2 Å². The minimum absolute atomic E-state index is 0.0381. The lowest BCUT2D eigenvalue weighted by atomic mass is 9.77. The van der Waals surface area contributed by atoms with E-state index in [1.807, 2.05) is 30.4 Å². The molecule has 0 spiro atoms. The predicted octanol–water partition coefficient (Wildman–Crippen LogP) is 7.05. The largest absolute Gasteiger partial charge is 0.489 e. The third kappa shape index (κ3) is 6.88. The van der Waals surface area contributed by atoms with Crippen molar-refractivity contribution in [2.24, 2.45) is 5.92 Å². The summed E-state index contributed by atoms with van der Waals surface area (Å²) < 4.78 is 18.6. The molecule has 0 radical (unpaired) electrons. The molecule has 0 saturated carbocycles. The molecule has 0 amide bonds. The first kappa shape index (κ1) is 28.4. The number of ether oxygens (including phenoxy) is 3. The Morgan fingerprint density at radius 2 is 1.95 bits per heavy atom. The van der Waals surface area contributed by atoms with Gasteiger partial charge in [0.15, 0.2) is 6.29 Å². The van der Waals surface area contributed by atoms with Crippen LogP contribution in [0.1, 0.15) is 40.4 Å². The van der Waals surface area contributed by atoms with Crippen molar-refractivity contribution in [1.29, 1.82) is 5.26 Å². The first-order chi connectivity index (χ1) is 19.0. The zero-order valence-corrected chi connectivity index (χ0v) is 23.0. The van der Waals surface area contributed by atoms with Crippen LogP contribution in [0.4, 0.5) is 0 Å². The summed E-state index contributed by atoms with van der Waals surface area (Å²) in [4.78, 5) is 15.8. The van der Waals surface area contributed by atoms with E-state index in [0.717, 1.165) is 11.1 Å². The number of rotatable bonds is 12. The van der Waals surface area contributed by atoms with Gasteiger partial charge in [0.25, 0.3) is 0 Å². The molecular weight excluding hydrogens is 535 g/mol. The highest BCUT2D eigenvalue weighted by molar-refractivity contribution is 6.32. The van der Waals surface area contributed by atoms with Gasteiger partial charge in [-0.05, 0) is 35.8 Å². The molecule has 3 aromatic rings. The van der Waals surface area contributed by atoms with Crippen molar-refractivity contribution in [2.45, 2.75) is 25.6 Å². The molecule has 0 aliphatic heterocycles. The number of alkyl halides is 1. The number of carbonyl (C=O) groups excluding carboxylic acids is 1. The molecule has 1 heterocycles. The Kier molecular flexibility index (Phi) is 9.78. The zero-order valence-electron chi connectivity index (χ0n) is 21.5. The average molecular weight is 563 g/mol. The number of aromatic nitrogens is 1. The van der Waals surface area contributed by atoms with E-state index in [1.165, 1.54) is 12.3 Å². The number of pyridine rings is 1. The van der Waals surface area contributed by atoms with E-state index >= 15 is 0 Å². The van der Waals surface area contributed by atoms with E-state index in [9.17, 15) is 4.79 Å². The smallest absolute Gasteiger partial charge is 0.153 e. The molecule has 2 unspecified atom stereocenters. The van der Waals surface area contributed by atoms with Crippen LogP contribution in [0.25, 0.3) is 5.57 Å². The van der Waals surface area contributed by atoms with E-state index < -0.39 is 5.60 Å². The topological polar surface area (TPSA) is 81.4 Å². The Bertz CT molecular complexity index is 1400. The van der Waals surface area contributed by atoms with Gasteiger partial charge in [-0.3, -0.25) is 9.78 Å². The number of halogens is 2. The number of aldehydes is 1. The molecule has 2 aromatic carbocycles. The van der Waals surface area contributed by atoms with E-state index in [1.54, 1.807) is 18.3 Å². The van der Waals surface area contributed by atoms with Crippen LogP contribution < -0.4 is 9.47 Å². The molecule has 39 heavy (non-hydrogen) atoms. The summed E-state index contributed by atoms with van der Waals surface area (Å²) in [5, 5.41) is 9.40. The van der Waals surface area contributed by atoms with Gasteiger partial charge in [-0.25, -0.2) is 0 Å². The molecule has 4 rings (SSSR count). The standard InChI is InChI=1S/C31H28Cl2N2O4/c1-22-27(25-7-3-2-4-8-25)9-5-10-31(22,39-12-6-11-32)21-38-30-15-29(26(19-36)14-28(30)33)37-20-24-13-23(16-34)17-35-18-24/h2-5,7-10,13-15,17-19,22H,6,11-12,20-21H2,1H3. The van der Waals surface area contributed by atoms with E-state index in [2.05, 4.69) is 36.2 Å². The number of nitriles is 1. The fraction of sp³-hybridized carbons (Fsp3) is 0.258. The second-order valence-electron chi connectivity index (χ2n) is 9.12. The molecule has 2 atom stereocenters. The number of hydrogen-bond donors (Lipinski definition) is 0. The number of nitrogens with zero attached hydrogens (tertiary/aromatic N) is 2. The van der Waals surface area contributed by atoms with Crippen LogP contribution in [0.5, 0.6) is 11.5 Å². The zero-order chi connectivity index (χ0) is 27.7. The molecular formula is C31H28Cl2N2O4. The van der Waals surface area contributed by atoms with Crippen molar-refractivity contribution in [1.82, 2.24) is 4.98 Å². The van der Waals surface area contributed by atoms with Crippen LogP contribution in [-0.2, 0) is 11.3 Å². The number of benzene rings is 2. The first-order valence-electron chi connectivity index (χ1n) is 12.5. The molecule has 6 nitrogen and oxygen atoms in total. The fourth-order valence-electron chi connectivity index (χ4n) is 4.41. The van der Waals surface area contributed by atoms with Crippen molar-refractivity contribution in [3.05, 3.63) is 106 Å². The molecule has 0 bridgehead atoms. The van der Waals surface area contributed by atoms with E-state index in [-0.39, 0.29) is 29.7 Å². The highest BCUT2D eigenvalue weighted by atomic mass is 35.5. The molecule has 0 N–H and O–H groups in total. The normalized spacial score (nSPS) is 18.2. The van der Waals surface area contributed by atoms with E-state index in [0.29, 0.717) is 47.8 Å². The van der Waals surface area contributed by atoms with Gasteiger partial charge in [0.2, 0.25) is 0 Å². The van der Waals surface area contributed by atoms with Gasteiger partial charge >= 0.3 is 0 Å². The molecule has 1 aliphatic rings. The molecule has 0 fully saturated rings. The highest BCUT2D eigenvalue weighted by Gasteiger charge is 2.40. The van der Waals surface area contributed by atoms with Crippen molar-refractivity contribution in [3.63, 3.8) is 0 Å². The second-order valence-corrected chi connectivity index (χ2v) is 9.91. The Labute approximate surface area is 238 Å². The fourth-order valence-corrected chi connectivity index (χ4v) is 4.74. The van der Waals surface area contributed by atoms with Gasteiger partial charge in [-0.15, -0.1) is 11.6 Å². The molecule has 1 aliphatic carbocycles. The maximum atomic E-state index is 11.7. The van der Waals surface area contributed by atoms with E-state index in [4.69, 9.17) is 42.7 Å². The lowest BCUT2D eigenvalue weighted by molar-refractivity contribution is -0.0591. The average Bonchev–Trinajstić information content (AvgIpc) is 2.97. The van der Waals surface area contributed by atoms with Crippen molar-refractivity contribution in [2.75, 3.05) is 19.1 Å². The summed E-state index contributed by atoms with van der Waals surface area (Å²) in [7, 11) is 0. The predicted molar refractivity (Wildman–Crippen MR) is 152 cm³/mol.